The first-order valence-corrected chi connectivity index (χ1v) is 10.8. The monoisotopic (exact) mass is 456 g/mol. The van der Waals surface area contributed by atoms with Crippen molar-refractivity contribution in [1.82, 2.24) is 20.2 Å². The third-order valence-electron chi connectivity index (χ3n) is 5.78. The lowest BCUT2D eigenvalue weighted by molar-refractivity contribution is 0.136. The van der Waals surface area contributed by atoms with Crippen LogP contribution in [0.2, 0.25) is 0 Å². The molecule has 1 N–H and O–H groups in total. The first-order valence-electron chi connectivity index (χ1n) is 10.8. The molecule has 33 heavy (non-hydrogen) atoms. The van der Waals surface area contributed by atoms with Crippen LogP contribution in [0.4, 0.5) is 13.6 Å². The van der Waals surface area contributed by atoms with Crippen molar-refractivity contribution in [2.45, 2.75) is 19.2 Å². The Morgan fingerprint density at radius 2 is 2.03 bits per heavy atom. The zero-order chi connectivity index (χ0) is 23.2. The number of alkyl carbamates (subject to hydrolysis) is 1. The molecule has 9 heteroatoms. The molecule has 174 valence electrons. The molecule has 1 aromatic carbocycles. The number of ether oxygens (including phenoxy) is 2. The molecule has 1 saturated heterocycles. The van der Waals surface area contributed by atoms with E-state index in [0.29, 0.717) is 42.0 Å². The van der Waals surface area contributed by atoms with Crippen molar-refractivity contribution in [3.8, 4) is 5.88 Å². The van der Waals surface area contributed by atoms with Gasteiger partial charge in [0.15, 0.2) is 0 Å². The molecule has 0 radical (unpaired) electrons. The fourth-order valence-corrected chi connectivity index (χ4v) is 3.98. The van der Waals surface area contributed by atoms with Gasteiger partial charge in [-0.2, -0.15) is 0 Å². The van der Waals surface area contributed by atoms with Crippen LogP contribution in [0, 0.1) is 11.7 Å². The van der Waals surface area contributed by atoms with Crippen LogP contribution in [0.3, 0.4) is 0 Å². The summed E-state index contributed by atoms with van der Waals surface area (Å²) in [6, 6.07) is 12.7. The van der Waals surface area contributed by atoms with Gasteiger partial charge < -0.3 is 14.8 Å². The average molecular weight is 456 g/mol. The Kier molecular flexibility index (Phi) is 7.29. The molecule has 0 spiro atoms. The van der Waals surface area contributed by atoms with Crippen molar-refractivity contribution < 1.29 is 23.0 Å². The number of rotatable bonds is 8. The molecule has 1 aliphatic heterocycles. The van der Waals surface area contributed by atoms with Crippen LogP contribution in [0.25, 0.3) is 11.0 Å². The largest absolute Gasteiger partial charge is 0.481 e. The standard InChI is InChI=1S/C24H26F2N4O3/c1-32-22-8-7-21-23(29-22)18(19(25)12-27-21)9-10-30-13-17(20(26)14-30)11-28-24(31)33-15-16-5-3-2-4-6-16/h2-8,12,17,20H,9-11,13-15H2,1H3,(H,28,31)/t17-,20+/m1/s1. The van der Waals surface area contributed by atoms with Gasteiger partial charge in [-0.1, -0.05) is 30.3 Å². The number of nitrogens with one attached hydrogen (secondary N) is 1. The minimum Gasteiger partial charge on any atom is -0.481 e. The zero-order valence-electron chi connectivity index (χ0n) is 18.3. The van der Waals surface area contributed by atoms with Gasteiger partial charge in [0.1, 0.15) is 18.6 Å². The van der Waals surface area contributed by atoms with Gasteiger partial charge in [-0.05, 0) is 18.1 Å². The van der Waals surface area contributed by atoms with Gasteiger partial charge in [-0.3, -0.25) is 9.88 Å². The molecule has 3 heterocycles. The SMILES string of the molecule is COc1ccc2ncc(F)c(CCN3C[C@@H](CNC(=O)OCc4ccccc4)[C@@H](F)C3)c2n1. The van der Waals surface area contributed by atoms with Crippen molar-refractivity contribution >= 4 is 17.1 Å². The van der Waals surface area contributed by atoms with Crippen LogP contribution in [0.5, 0.6) is 5.88 Å². The molecule has 2 aromatic heterocycles. The third kappa shape index (κ3) is 5.73. The summed E-state index contributed by atoms with van der Waals surface area (Å²) in [6.07, 6.45) is -0.120. The van der Waals surface area contributed by atoms with Gasteiger partial charge >= 0.3 is 6.09 Å². The normalized spacial score (nSPS) is 18.4. The van der Waals surface area contributed by atoms with Crippen LogP contribution in [-0.4, -0.2) is 60.4 Å². The number of methoxy groups -OCH3 is 1. The van der Waals surface area contributed by atoms with Gasteiger partial charge in [0, 0.05) is 43.7 Å². The maximum atomic E-state index is 14.5. The van der Waals surface area contributed by atoms with E-state index in [9.17, 15) is 13.6 Å². The molecule has 4 rings (SSSR count). The van der Waals surface area contributed by atoms with E-state index in [0.717, 1.165) is 5.56 Å². The Hall–Kier alpha value is -3.33. The molecule has 0 unspecified atom stereocenters. The predicted molar refractivity (Wildman–Crippen MR) is 119 cm³/mol. The molecule has 1 aliphatic rings. The van der Waals surface area contributed by atoms with Gasteiger partial charge in [-0.15, -0.1) is 0 Å². The summed E-state index contributed by atoms with van der Waals surface area (Å²) in [5.41, 5.74) is 2.34. The molecule has 1 amide bonds. The molecule has 0 saturated carbocycles. The number of likely N-dealkylation sites (tertiary alicyclic amines) is 1. The molecule has 7 nitrogen and oxygen atoms in total. The van der Waals surface area contributed by atoms with Gasteiger partial charge in [0.25, 0.3) is 0 Å². The minimum atomic E-state index is -1.09. The first-order chi connectivity index (χ1) is 16.0. The number of hydrogen-bond donors (Lipinski definition) is 1. The van der Waals surface area contributed by atoms with E-state index < -0.39 is 18.1 Å². The fraction of sp³-hybridized carbons (Fsp3) is 0.375. The Morgan fingerprint density at radius 3 is 2.82 bits per heavy atom. The van der Waals surface area contributed by atoms with Crippen LogP contribution in [0.1, 0.15) is 11.1 Å². The minimum absolute atomic E-state index is 0.160. The van der Waals surface area contributed by atoms with E-state index in [-0.39, 0.29) is 25.6 Å². The second-order valence-corrected chi connectivity index (χ2v) is 8.03. The summed E-state index contributed by atoms with van der Waals surface area (Å²) in [4.78, 5) is 22.3. The molecule has 3 aromatic rings. The Morgan fingerprint density at radius 1 is 1.21 bits per heavy atom. The second-order valence-electron chi connectivity index (χ2n) is 8.03. The number of alkyl halides is 1. The summed E-state index contributed by atoms with van der Waals surface area (Å²) in [5.74, 6) is -0.420. The molecule has 2 atom stereocenters. The third-order valence-corrected chi connectivity index (χ3v) is 5.78. The fourth-order valence-electron chi connectivity index (χ4n) is 3.98. The lowest BCUT2D eigenvalue weighted by atomic mass is 10.1. The van der Waals surface area contributed by atoms with E-state index >= 15 is 0 Å². The molecule has 0 aliphatic carbocycles. The van der Waals surface area contributed by atoms with Gasteiger partial charge in [-0.25, -0.2) is 18.6 Å². The van der Waals surface area contributed by atoms with E-state index in [4.69, 9.17) is 9.47 Å². The molecule has 1 fully saturated rings. The van der Waals surface area contributed by atoms with Gasteiger partial charge in [0.2, 0.25) is 5.88 Å². The highest BCUT2D eigenvalue weighted by molar-refractivity contribution is 5.78. The maximum absolute atomic E-state index is 14.5. The number of benzene rings is 1. The molecular weight excluding hydrogens is 430 g/mol. The molecule has 0 bridgehead atoms. The number of amides is 1. The highest BCUT2D eigenvalue weighted by Gasteiger charge is 2.33. The van der Waals surface area contributed by atoms with Crippen LogP contribution < -0.4 is 10.1 Å². The van der Waals surface area contributed by atoms with E-state index in [1.165, 1.54) is 13.3 Å². The highest BCUT2D eigenvalue weighted by Crippen LogP contribution is 2.24. The maximum Gasteiger partial charge on any atom is 0.407 e. The smallest absolute Gasteiger partial charge is 0.407 e. The lowest BCUT2D eigenvalue weighted by Crippen LogP contribution is -2.33. The number of hydrogen-bond acceptors (Lipinski definition) is 6. The Balaban J connectivity index is 1.29. The van der Waals surface area contributed by atoms with Crippen molar-refractivity contribution in [1.29, 1.82) is 0 Å². The summed E-state index contributed by atoms with van der Waals surface area (Å²) >= 11 is 0. The number of nitrogens with zero attached hydrogens (tertiary/aromatic N) is 3. The number of carbonyl (C=O) groups is 1. The topological polar surface area (TPSA) is 76.6 Å². The number of halogens is 2. The highest BCUT2D eigenvalue weighted by atomic mass is 19.1. The average Bonchev–Trinajstić information content (AvgIpc) is 3.20. The summed E-state index contributed by atoms with van der Waals surface area (Å²) < 4.78 is 39.4. The first kappa shape index (κ1) is 22.8. The van der Waals surface area contributed by atoms with Gasteiger partial charge in [0.05, 0.1) is 24.3 Å². The summed E-state index contributed by atoms with van der Waals surface area (Å²) in [6.45, 7) is 1.49. The second kappa shape index (κ2) is 10.5. The Labute approximate surface area is 190 Å². The predicted octanol–water partition coefficient (Wildman–Crippen LogP) is 3.52. The zero-order valence-corrected chi connectivity index (χ0v) is 18.3. The quantitative estimate of drug-likeness (QED) is 0.559. The Bertz CT molecular complexity index is 1100. The van der Waals surface area contributed by atoms with Crippen LogP contribution in [-0.2, 0) is 17.8 Å². The summed E-state index contributed by atoms with van der Waals surface area (Å²) in [5, 5.41) is 2.65. The van der Waals surface area contributed by atoms with Crippen molar-refractivity contribution in [3.05, 3.63) is 65.6 Å². The number of carbonyl (C=O) groups excluding carboxylic acids is 1. The van der Waals surface area contributed by atoms with Crippen LogP contribution >= 0.6 is 0 Å². The van der Waals surface area contributed by atoms with Crippen molar-refractivity contribution in [2.75, 3.05) is 33.3 Å². The van der Waals surface area contributed by atoms with E-state index in [2.05, 4.69) is 15.3 Å². The van der Waals surface area contributed by atoms with Crippen molar-refractivity contribution in [3.63, 3.8) is 0 Å². The lowest BCUT2D eigenvalue weighted by Gasteiger charge is -2.16. The number of fused-ring (bicyclic) bond motifs is 1. The van der Waals surface area contributed by atoms with Crippen molar-refractivity contribution in [2.24, 2.45) is 5.92 Å². The number of pyridine rings is 2. The van der Waals surface area contributed by atoms with E-state index in [1.807, 2.05) is 35.2 Å². The van der Waals surface area contributed by atoms with E-state index in [1.54, 1.807) is 12.1 Å². The summed E-state index contributed by atoms with van der Waals surface area (Å²) in [7, 11) is 1.50. The molecular formula is C24H26F2N4O3. The van der Waals surface area contributed by atoms with Crippen LogP contribution in [0.15, 0.2) is 48.7 Å². The number of aromatic nitrogens is 2.